The molecule has 2 atom stereocenters. The number of carbonyl (C=O) groups excluding carboxylic acids is 1. The van der Waals surface area contributed by atoms with Crippen LogP contribution < -0.4 is 16.0 Å². The summed E-state index contributed by atoms with van der Waals surface area (Å²) in [6.45, 7) is 1.57. The Labute approximate surface area is 150 Å². The van der Waals surface area contributed by atoms with Crippen LogP contribution in [0.4, 0.5) is 26.1 Å². The first-order valence-corrected chi connectivity index (χ1v) is 8.45. The van der Waals surface area contributed by atoms with Crippen molar-refractivity contribution in [2.24, 2.45) is 0 Å². The van der Waals surface area contributed by atoms with Gasteiger partial charge in [-0.1, -0.05) is 0 Å². The third-order valence-electron chi connectivity index (χ3n) is 4.57. The zero-order valence-electron chi connectivity index (χ0n) is 14.6. The van der Waals surface area contributed by atoms with Crippen LogP contribution in [0.25, 0.3) is 0 Å². The van der Waals surface area contributed by atoms with Crippen molar-refractivity contribution in [1.29, 1.82) is 0 Å². The Balaban J connectivity index is 1.88. The maximum Gasteiger partial charge on any atom is 0.254 e. The van der Waals surface area contributed by atoms with Gasteiger partial charge in [-0.2, -0.15) is 0 Å². The molecule has 1 amide bonds. The van der Waals surface area contributed by atoms with Crippen LogP contribution in [0.1, 0.15) is 36.5 Å². The second kappa shape index (κ2) is 7.23. The quantitative estimate of drug-likeness (QED) is 0.761. The van der Waals surface area contributed by atoms with Gasteiger partial charge in [0.25, 0.3) is 5.91 Å². The topological polar surface area (TPSA) is 78.9 Å². The van der Waals surface area contributed by atoms with Gasteiger partial charge < -0.3 is 16.0 Å². The number of halogens is 2. The highest BCUT2D eigenvalue weighted by Crippen LogP contribution is 2.36. The first-order chi connectivity index (χ1) is 12.4. The number of nitrogens with one attached hydrogen (secondary N) is 3. The number of anilines is 3. The van der Waals surface area contributed by atoms with E-state index in [0.717, 1.165) is 12.6 Å². The molecule has 0 aromatic carbocycles. The van der Waals surface area contributed by atoms with Crippen molar-refractivity contribution in [2.75, 3.05) is 17.7 Å². The van der Waals surface area contributed by atoms with Crippen molar-refractivity contribution in [3.8, 4) is 0 Å². The lowest BCUT2D eigenvalue weighted by atomic mass is 10.0. The van der Waals surface area contributed by atoms with Gasteiger partial charge in [-0.15, -0.1) is 0 Å². The molecule has 1 saturated carbocycles. The van der Waals surface area contributed by atoms with E-state index < -0.39 is 11.5 Å². The molecule has 0 unspecified atom stereocenters. The van der Waals surface area contributed by atoms with Crippen molar-refractivity contribution in [2.45, 2.75) is 37.9 Å². The van der Waals surface area contributed by atoms with E-state index in [2.05, 4.69) is 25.9 Å². The zero-order valence-corrected chi connectivity index (χ0v) is 14.6. The first-order valence-electron chi connectivity index (χ1n) is 8.45. The summed E-state index contributed by atoms with van der Waals surface area (Å²) in [6, 6.07) is 4.00. The van der Waals surface area contributed by atoms with Gasteiger partial charge in [0.2, 0.25) is 0 Å². The highest BCUT2D eigenvalue weighted by molar-refractivity contribution is 5.99. The van der Waals surface area contributed by atoms with Gasteiger partial charge in [0.1, 0.15) is 23.1 Å². The number of nitrogens with zero attached hydrogens (tertiary/aromatic N) is 2. The first kappa shape index (κ1) is 18.0. The molecule has 0 bridgehead atoms. The molecule has 138 valence electrons. The summed E-state index contributed by atoms with van der Waals surface area (Å²) >= 11 is 0. The Bertz CT molecular complexity index is 795. The molecule has 26 heavy (non-hydrogen) atoms. The third-order valence-corrected chi connectivity index (χ3v) is 4.57. The monoisotopic (exact) mass is 361 g/mol. The van der Waals surface area contributed by atoms with E-state index in [9.17, 15) is 13.6 Å². The fourth-order valence-electron chi connectivity index (χ4n) is 3.08. The molecule has 3 N–H and O–H groups in total. The van der Waals surface area contributed by atoms with E-state index >= 15 is 0 Å². The van der Waals surface area contributed by atoms with E-state index in [1.165, 1.54) is 25.4 Å². The van der Waals surface area contributed by atoms with Crippen LogP contribution in [0, 0.1) is 5.82 Å². The van der Waals surface area contributed by atoms with Crippen molar-refractivity contribution in [1.82, 2.24) is 15.3 Å². The van der Waals surface area contributed by atoms with Crippen LogP contribution in [0.15, 0.2) is 30.6 Å². The van der Waals surface area contributed by atoms with Crippen LogP contribution in [0.5, 0.6) is 0 Å². The average molecular weight is 361 g/mol. The van der Waals surface area contributed by atoms with Crippen molar-refractivity contribution >= 4 is 23.2 Å². The van der Waals surface area contributed by atoms with Crippen molar-refractivity contribution in [3.05, 3.63) is 42.0 Å². The van der Waals surface area contributed by atoms with Gasteiger partial charge in [-0.25, -0.2) is 18.7 Å². The van der Waals surface area contributed by atoms with E-state index in [1.54, 1.807) is 13.0 Å². The number of rotatable bonds is 5. The molecule has 2 aromatic heterocycles. The molecule has 1 fully saturated rings. The maximum absolute atomic E-state index is 14.6. The van der Waals surface area contributed by atoms with Gasteiger partial charge in [0, 0.05) is 19.3 Å². The summed E-state index contributed by atoms with van der Waals surface area (Å²) in [5.74, 6) is 0.0702. The van der Waals surface area contributed by atoms with Crippen LogP contribution in [0.2, 0.25) is 0 Å². The normalized spacial score (nSPS) is 22.1. The Morgan fingerprint density at radius 3 is 2.65 bits per heavy atom. The molecule has 1 aliphatic carbocycles. The summed E-state index contributed by atoms with van der Waals surface area (Å²) in [4.78, 5) is 20.2. The number of aromatic nitrogens is 2. The van der Waals surface area contributed by atoms with Crippen LogP contribution in [0.3, 0.4) is 0 Å². The number of alkyl halides is 1. The smallest absolute Gasteiger partial charge is 0.254 e. The average Bonchev–Trinajstić information content (AvgIpc) is 2.95. The molecule has 0 radical (unpaired) electrons. The number of hydrogen-bond acceptors (Lipinski definition) is 5. The molecule has 1 aliphatic rings. The molecular weight excluding hydrogens is 340 g/mol. The second-order valence-corrected chi connectivity index (χ2v) is 6.55. The standard InChI is InChI=1S/C18H21F2N5O/c1-18(20)7-3-4-14(18)24-13-8-16(23-10-12(13)17(26)21-2)25-15-6-5-11(19)9-22-15/h5-6,8-10,14H,3-4,7H2,1-2H3,(H,21,26)(H2,22,23,24,25)/t14-,18+/m1/s1. The fraction of sp³-hybridized carbons (Fsp3) is 0.389. The van der Waals surface area contributed by atoms with Gasteiger partial charge in [-0.3, -0.25) is 4.79 Å². The molecule has 0 spiro atoms. The third kappa shape index (κ3) is 3.89. The second-order valence-electron chi connectivity index (χ2n) is 6.55. The molecule has 6 nitrogen and oxygen atoms in total. The highest BCUT2D eigenvalue weighted by atomic mass is 19.1. The molecule has 2 heterocycles. The summed E-state index contributed by atoms with van der Waals surface area (Å²) < 4.78 is 27.6. The van der Waals surface area contributed by atoms with E-state index in [0.29, 0.717) is 35.7 Å². The van der Waals surface area contributed by atoms with Gasteiger partial charge in [0.05, 0.1) is 23.5 Å². The maximum atomic E-state index is 14.6. The Hall–Kier alpha value is -2.77. The largest absolute Gasteiger partial charge is 0.378 e. The van der Waals surface area contributed by atoms with E-state index in [4.69, 9.17) is 0 Å². The summed E-state index contributed by atoms with van der Waals surface area (Å²) in [5, 5.41) is 8.66. The van der Waals surface area contributed by atoms with Crippen LogP contribution in [-0.4, -0.2) is 34.6 Å². The van der Waals surface area contributed by atoms with E-state index in [1.807, 2.05) is 0 Å². The molecule has 0 aliphatic heterocycles. The molecule has 3 rings (SSSR count). The summed E-state index contributed by atoms with van der Waals surface area (Å²) in [6.07, 6.45) is 4.46. The number of carbonyl (C=O) groups is 1. The summed E-state index contributed by atoms with van der Waals surface area (Å²) in [5.41, 5.74) is -0.525. The minimum absolute atomic E-state index is 0.315. The van der Waals surface area contributed by atoms with E-state index in [-0.39, 0.29) is 11.9 Å². The van der Waals surface area contributed by atoms with Crippen molar-refractivity contribution in [3.63, 3.8) is 0 Å². The van der Waals surface area contributed by atoms with Crippen molar-refractivity contribution < 1.29 is 13.6 Å². The summed E-state index contributed by atoms with van der Waals surface area (Å²) in [7, 11) is 1.52. The molecule has 8 heteroatoms. The number of pyridine rings is 2. The zero-order chi connectivity index (χ0) is 18.7. The Kier molecular flexibility index (Phi) is 5.01. The highest BCUT2D eigenvalue weighted by Gasteiger charge is 2.39. The minimum atomic E-state index is -1.34. The minimum Gasteiger partial charge on any atom is -0.378 e. The lowest BCUT2D eigenvalue weighted by Gasteiger charge is -2.26. The molecule has 0 saturated heterocycles. The fourth-order valence-corrected chi connectivity index (χ4v) is 3.08. The Morgan fingerprint density at radius 2 is 2.04 bits per heavy atom. The van der Waals surface area contributed by atoms with Crippen LogP contribution >= 0.6 is 0 Å². The van der Waals surface area contributed by atoms with Gasteiger partial charge in [-0.05, 0) is 38.3 Å². The SMILES string of the molecule is CNC(=O)c1cnc(Nc2ccc(F)cn2)cc1N[C@@H]1CCC[C@]1(C)F. The van der Waals surface area contributed by atoms with Gasteiger partial charge >= 0.3 is 0 Å². The molecule has 2 aromatic rings. The van der Waals surface area contributed by atoms with Crippen LogP contribution in [-0.2, 0) is 0 Å². The predicted molar refractivity (Wildman–Crippen MR) is 95.9 cm³/mol. The lowest BCUT2D eigenvalue weighted by molar-refractivity contribution is 0.0963. The number of hydrogen-bond donors (Lipinski definition) is 3. The number of amides is 1. The predicted octanol–water partition coefficient (Wildman–Crippen LogP) is 3.41. The van der Waals surface area contributed by atoms with Gasteiger partial charge in [0.15, 0.2) is 0 Å². The lowest BCUT2D eigenvalue weighted by Crippen LogP contribution is -2.36. The molecular formula is C18H21F2N5O. The Morgan fingerprint density at radius 1 is 1.27 bits per heavy atom.